The number of amides is 1. The van der Waals surface area contributed by atoms with Crippen LogP contribution in [0.25, 0.3) is 10.6 Å². The highest BCUT2D eigenvalue weighted by molar-refractivity contribution is 7.13. The molecule has 0 fully saturated rings. The summed E-state index contributed by atoms with van der Waals surface area (Å²) in [5.74, 6) is 0.647. The monoisotopic (exact) mass is 426 g/mol. The van der Waals surface area contributed by atoms with Crippen molar-refractivity contribution in [3.8, 4) is 16.3 Å². The summed E-state index contributed by atoms with van der Waals surface area (Å²) >= 11 is 1.34. The van der Waals surface area contributed by atoms with Crippen molar-refractivity contribution in [2.24, 2.45) is 0 Å². The van der Waals surface area contributed by atoms with E-state index in [-0.39, 0.29) is 12.1 Å². The maximum atomic E-state index is 11.6. The molecular formula is C20H18N4O5S. The molecule has 0 saturated heterocycles. The van der Waals surface area contributed by atoms with Crippen LogP contribution in [0.15, 0.2) is 60.8 Å². The number of carbonyl (C=O) groups is 1. The van der Waals surface area contributed by atoms with Gasteiger partial charge in [0, 0.05) is 35.8 Å². The molecule has 1 aromatic carbocycles. The largest absolute Gasteiger partial charge is 0.496 e. The highest BCUT2D eigenvalue weighted by atomic mass is 32.1. The summed E-state index contributed by atoms with van der Waals surface area (Å²) < 4.78 is 5.26. The Labute approximate surface area is 176 Å². The molecule has 2 heterocycles. The number of aromatic nitrogens is 2. The van der Waals surface area contributed by atoms with E-state index in [9.17, 15) is 14.9 Å². The van der Waals surface area contributed by atoms with Gasteiger partial charge in [-0.15, -0.1) is 17.9 Å². The number of hydrogen-bond acceptors (Lipinski definition) is 8. The third-order valence-corrected chi connectivity index (χ3v) is 5.06. The zero-order chi connectivity index (χ0) is 21.5. The van der Waals surface area contributed by atoms with Gasteiger partial charge in [-0.3, -0.25) is 24.7 Å². The van der Waals surface area contributed by atoms with Gasteiger partial charge in [0.05, 0.1) is 17.6 Å². The van der Waals surface area contributed by atoms with E-state index in [2.05, 4.69) is 16.5 Å². The molecule has 2 aromatic heterocycles. The number of anilines is 1. The minimum atomic E-state index is -0.740. The van der Waals surface area contributed by atoms with Crippen molar-refractivity contribution in [3.05, 3.63) is 76.4 Å². The van der Waals surface area contributed by atoms with Crippen LogP contribution in [0, 0.1) is 10.1 Å². The fourth-order valence-electron chi connectivity index (χ4n) is 2.76. The summed E-state index contributed by atoms with van der Waals surface area (Å²) in [6.45, 7) is 3.72. The van der Waals surface area contributed by atoms with Crippen molar-refractivity contribution in [3.63, 3.8) is 0 Å². The molecule has 0 bridgehead atoms. The van der Waals surface area contributed by atoms with Gasteiger partial charge < -0.3 is 4.74 Å². The molecule has 1 atom stereocenters. The minimum Gasteiger partial charge on any atom is -0.496 e. The second-order valence-electron chi connectivity index (χ2n) is 5.98. The van der Waals surface area contributed by atoms with Crippen LogP contribution in [-0.4, -0.2) is 34.5 Å². The Hall–Kier alpha value is -3.63. The number of nitrogens with zero attached hydrogens (tertiary/aromatic N) is 4. The summed E-state index contributed by atoms with van der Waals surface area (Å²) in [7, 11) is 1.43. The van der Waals surface area contributed by atoms with Gasteiger partial charge in [-0.05, 0) is 18.2 Å². The quantitative estimate of drug-likeness (QED) is 0.210. The molecule has 0 aliphatic heterocycles. The predicted octanol–water partition coefficient (Wildman–Crippen LogP) is 3.81. The number of rotatable bonds is 10. The van der Waals surface area contributed by atoms with E-state index in [0.717, 1.165) is 10.6 Å². The molecular weight excluding hydrogens is 408 g/mol. The first kappa shape index (κ1) is 21.1. The molecule has 0 spiro atoms. The van der Waals surface area contributed by atoms with Gasteiger partial charge in [0.25, 0.3) is 5.69 Å². The molecule has 0 aliphatic rings. The van der Waals surface area contributed by atoms with Crippen molar-refractivity contribution < 1.29 is 19.3 Å². The van der Waals surface area contributed by atoms with E-state index in [1.807, 2.05) is 12.1 Å². The smallest absolute Gasteiger partial charge is 0.276 e. The Bertz CT molecular complexity index is 1040. The number of hydroxylamine groups is 1. The fraction of sp³-hybridized carbons (Fsp3) is 0.150. The molecule has 1 unspecified atom stereocenters. The van der Waals surface area contributed by atoms with Crippen molar-refractivity contribution in [1.82, 2.24) is 9.97 Å². The van der Waals surface area contributed by atoms with Gasteiger partial charge >= 0.3 is 0 Å². The van der Waals surface area contributed by atoms with E-state index in [1.54, 1.807) is 23.8 Å². The number of hydrogen-bond donors (Lipinski definition) is 0. The Balaban J connectivity index is 1.82. The standard InChI is InChI=1S/C20H18N4O5S/c1-3-15(11-16-17(24(26)27)5-4-6-18(16)28-2)29-23(13-25)19-12-30-20(22-19)14-7-9-21-10-8-14/h3-10,12-13,15H,1,11H2,2H3. The fourth-order valence-corrected chi connectivity index (χ4v) is 3.55. The number of carbonyl (C=O) groups excluding carboxylic acids is 1. The first-order chi connectivity index (χ1) is 14.6. The lowest BCUT2D eigenvalue weighted by Gasteiger charge is -2.21. The topological polar surface area (TPSA) is 108 Å². The van der Waals surface area contributed by atoms with Crippen LogP contribution in [0.2, 0.25) is 0 Å². The average Bonchev–Trinajstić information content (AvgIpc) is 3.27. The molecule has 3 rings (SSSR count). The van der Waals surface area contributed by atoms with Crippen LogP contribution >= 0.6 is 11.3 Å². The Morgan fingerprint density at radius 1 is 1.33 bits per heavy atom. The second kappa shape index (κ2) is 9.72. The first-order valence-corrected chi connectivity index (χ1v) is 9.65. The molecule has 30 heavy (non-hydrogen) atoms. The zero-order valence-electron chi connectivity index (χ0n) is 16.0. The molecule has 0 radical (unpaired) electrons. The lowest BCUT2D eigenvalue weighted by molar-refractivity contribution is -0.385. The number of thiazole rings is 1. The normalized spacial score (nSPS) is 11.5. The third-order valence-electron chi connectivity index (χ3n) is 4.18. The predicted molar refractivity (Wildman–Crippen MR) is 112 cm³/mol. The van der Waals surface area contributed by atoms with Gasteiger partial charge in [-0.25, -0.2) is 4.98 Å². The van der Waals surface area contributed by atoms with Gasteiger partial charge in [-0.1, -0.05) is 12.1 Å². The van der Waals surface area contributed by atoms with E-state index in [0.29, 0.717) is 28.5 Å². The molecule has 9 nitrogen and oxygen atoms in total. The maximum absolute atomic E-state index is 11.6. The maximum Gasteiger partial charge on any atom is 0.276 e. The van der Waals surface area contributed by atoms with Crippen LogP contribution in [0.3, 0.4) is 0 Å². The minimum absolute atomic E-state index is 0.0789. The Kier molecular flexibility index (Phi) is 6.83. The number of ether oxygens (including phenoxy) is 1. The SMILES string of the molecule is C=CC(Cc1c(OC)cccc1[N+](=O)[O-])ON(C=O)c1csc(-c2ccncc2)n1. The molecule has 0 N–H and O–H groups in total. The van der Waals surface area contributed by atoms with Gasteiger partial charge in [-0.2, -0.15) is 5.06 Å². The Morgan fingerprint density at radius 3 is 2.73 bits per heavy atom. The van der Waals surface area contributed by atoms with Crippen molar-refractivity contribution in [2.75, 3.05) is 12.2 Å². The summed E-state index contributed by atoms with van der Waals surface area (Å²) in [6.07, 6.45) is 4.59. The summed E-state index contributed by atoms with van der Waals surface area (Å²) in [5, 5.41) is 14.8. The van der Waals surface area contributed by atoms with Crippen molar-refractivity contribution in [1.29, 1.82) is 0 Å². The van der Waals surface area contributed by atoms with Gasteiger partial charge in [0.15, 0.2) is 5.82 Å². The average molecular weight is 426 g/mol. The molecule has 154 valence electrons. The molecule has 0 aliphatic carbocycles. The number of nitro groups is 1. The van der Waals surface area contributed by atoms with Crippen LogP contribution in [0.4, 0.5) is 11.5 Å². The lowest BCUT2D eigenvalue weighted by Crippen LogP contribution is -2.29. The van der Waals surface area contributed by atoms with Gasteiger partial charge in [0.1, 0.15) is 16.9 Å². The summed E-state index contributed by atoms with van der Waals surface area (Å²) in [6, 6.07) is 8.17. The molecule has 3 aromatic rings. The van der Waals surface area contributed by atoms with Crippen molar-refractivity contribution >= 4 is 29.3 Å². The third kappa shape index (κ3) is 4.67. The summed E-state index contributed by atoms with van der Waals surface area (Å²) in [4.78, 5) is 36.7. The van der Waals surface area contributed by atoms with E-state index in [1.165, 1.54) is 36.7 Å². The van der Waals surface area contributed by atoms with Crippen LogP contribution in [0.5, 0.6) is 5.75 Å². The van der Waals surface area contributed by atoms with Crippen molar-refractivity contribution in [2.45, 2.75) is 12.5 Å². The number of benzene rings is 1. The van der Waals surface area contributed by atoms with Crippen LogP contribution < -0.4 is 9.80 Å². The highest BCUT2D eigenvalue weighted by Gasteiger charge is 2.24. The zero-order valence-corrected chi connectivity index (χ0v) is 16.8. The van der Waals surface area contributed by atoms with E-state index < -0.39 is 11.0 Å². The van der Waals surface area contributed by atoms with Gasteiger partial charge in [0.2, 0.25) is 6.41 Å². The second-order valence-corrected chi connectivity index (χ2v) is 6.83. The van der Waals surface area contributed by atoms with E-state index in [4.69, 9.17) is 9.57 Å². The van der Waals surface area contributed by atoms with E-state index >= 15 is 0 Å². The van der Waals surface area contributed by atoms with Crippen LogP contribution in [0.1, 0.15) is 5.56 Å². The lowest BCUT2D eigenvalue weighted by atomic mass is 10.0. The number of methoxy groups -OCH3 is 1. The molecule has 1 amide bonds. The molecule has 10 heteroatoms. The Morgan fingerprint density at radius 2 is 2.10 bits per heavy atom. The molecule has 0 saturated carbocycles. The highest BCUT2D eigenvalue weighted by Crippen LogP contribution is 2.31. The number of pyridine rings is 1. The summed E-state index contributed by atoms with van der Waals surface area (Å²) in [5.41, 5.74) is 1.10. The number of nitro benzene ring substituents is 1. The first-order valence-electron chi connectivity index (χ1n) is 8.77. The van der Waals surface area contributed by atoms with Crippen LogP contribution in [-0.2, 0) is 16.1 Å².